The lowest BCUT2D eigenvalue weighted by atomic mass is 10.2. The van der Waals surface area contributed by atoms with Crippen molar-refractivity contribution in [1.82, 2.24) is 10.3 Å². The molecule has 1 N–H and O–H groups in total. The van der Waals surface area contributed by atoms with E-state index in [2.05, 4.69) is 28.0 Å². The second kappa shape index (κ2) is 5.95. The Bertz CT molecular complexity index is 465. The summed E-state index contributed by atoms with van der Waals surface area (Å²) in [4.78, 5) is 4.45. The highest BCUT2D eigenvalue weighted by atomic mass is 32.1. The molecule has 0 aliphatic carbocycles. The van der Waals surface area contributed by atoms with Gasteiger partial charge in [0.05, 0.1) is 17.9 Å². The van der Waals surface area contributed by atoms with Crippen LogP contribution < -0.4 is 5.32 Å². The zero-order valence-electron chi connectivity index (χ0n) is 10.0. The molecule has 2 rings (SSSR count). The van der Waals surface area contributed by atoms with Crippen molar-refractivity contribution in [2.24, 2.45) is 0 Å². The zero-order valence-corrected chi connectivity index (χ0v) is 10.8. The van der Waals surface area contributed by atoms with Gasteiger partial charge in [-0.1, -0.05) is 0 Å². The van der Waals surface area contributed by atoms with Crippen LogP contribution in [0.1, 0.15) is 11.3 Å². The molecule has 0 saturated carbocycles. The maximum Gasteiger partial charge on any atom is 0.227 e. The molecule has 0 aliphatic heterocycles. The van der Waals surface area contributed by atoms with Crippen LogP contribution in [0, 0.1) is 6.92 Å². The van der Waals surface area contributed by atoms with Gasteiger partial charge in [0.2, 0.25) is 5.89 Å². The van der Waals surface area contributed by atoms with Gasteiger partial charge >= 0.3 is 0 Å². The molecule has 0 atom stereocenters. The molecular weight excluding hydrogens is 236 g/mol. The molecule has 0 spiro atoms. The van der Waals surface area contributed by atoms with Gasteiger partial charge in [-0.05, 0) is 17.9 Å². The van der Waals surface area contributed by atoms with Crippen LogP contribution in [0.3, 0.4) is 0 Å². The van der Waals surface area contributed by atoms with Crippen LogP contribution in [0.2, 0.25) is 0 Å². The normalized spacial score (nSPS) is 10.9. The Labute approximate surface area is 105 Å². The Morgan fingerprint density at radius 2 is 2.35 bits per heavy atom. The Balaban J connectivity index is 1.95. The highest BCUT2D eigenvalue weighted by Crippen LogP contribution is 2.25. The summed E-state index contributed by atoms with van der Waals surface area (Å²) in [6.07, 6.45) is 1.70. The lowest BCUT2D eigenvalue weighted by molar-refractivity contribution is 0.199. The van der Waals surface area contributed by atoms with Crippen molar-refractivity contribution in [1.29, 1.82) is 0 Å². The van der Waals surface area contributed by atoms with Gasteiger partial charge in [-0.3, -0.25) is 0 Å². The van der Waals surface area contributed by atoms with Gasteiger partial charge in [0.1, 0.15) is 6.26 Å². The topological polar surface area (TPSA) is 47.3 Å². The summed E-state index contributed by atoms with van der Waals surface area (Å²) in [5.41, 5.74) is 3.20. The number of oxazole rings is 1. The summed E-state index contributed by atoms with van der Waals surface area (Å²) in [5.74, 6) is 0.701. The number of thiophene rings is 1. The average Bonchev–Trinajstić information content (AvgIpc) is 2.93. The number of nitrogens with zero attached hydrogens (tertiary/aromatic N) is 1. The fourth-order valence-corrected chi connectivity index (χ4v) is 2.30. The number of aryl methyl sites for hydroxylation is 1. The van der Waals surface area contributed by atoms with Crippen molar-refractivity contribution < 1.29 is 9.15 Å². The van der Waals surface area contributed by atoms with Crippen molar-refractivity contribution in [2.75, 3.05) is 20.3 Å². The molecule has 0 saturated heterocycles. The van der Waals surface area contributed by atoms with Gasteiger partial charge in [-0.2, -0.15) is 11.3 Å². The molecule has 0 radical (unpaired) electrons. The third-order valence-corrected chi connectivity index (χ3v) is 3.29. The maximum absolute atomic E-state index is 5.47. The quantitative estimate of drug-likeness (QED) is 0.802. The number of ether oxygens (including phenoxy) is 1. The Kier molecular flexibility index (Phi) is 4.30. The van der Waals surface area contributed by atoms with Gasteiger partial charge in [0.15, 0.2) is 0 Å². The largest absolute Gasteiger partial charge is 0.444 e. The molecule has 0 fully saturated rings. The maximum atomic E-state index is 5.47. The summed E-state index contributed by atoms with van der Waals surface area (Å²) in [6.45, 7) is 4.28. The monoisotopic (exact) mass is 252 g/mol. The van der Waals surface area contributed by atoms with Crippen LogP contribution in [-0.4, -0.2) is 25.2 Å². The molecule has 0 aromatic carbocycles. The summed E-state index contributed by atoms with van der Waals surface area (Å²) >= 11 is 1.66. The number of hydrogen-bond acceptors (Lipinski definition) is 5. The molecule has 0 aliphatic rings. The van der Waals surface area contributed by atoms with Gasteiger partial charge < -0.3 is 14.5 Å². The Hall–Kier alpha value is -1.17. The lowest BCUT2D eigenvalue weighted by Crippen LogP contribution is -2.18. The van der Waals surface area contributed by atoms with Crippen LogP contribution >= 0.6 is 11.3 Å². The molecule has 4 nitrogen and oxygen atoms in total. The SMILES string of the molecule is COCCNCc1coc(-c2cscc2C)n1. The Morgan fingerprint density at radius 3 is 3.06 bits per heavy atom. The van der Waals surface area contributed by atoms with Crippen LogP contribution in [0.25, 0.3) is 11.5 Å². The molecule has 0 bridgehead atoms. The first-order chi connectivity index (χ1) is 8.31. The predicted octanol–water partition coefficient (Wildman–Crippen LogP) is 2.45. The fraction of sp³-hybridized carbons (Fsp3) is 0.417. The molecule has 0 amide bonds. The van der Waals surface area contributed by atoms with Gasteiger partial charge in [0.25, 0.3) is 0 Å². The summed E-state index contributed by atoms with van der Waals surface area (Å²) < 4.78 is 10.4. The smallest absolute Gasteiger partial charge is 0.227 e. The van der Waals surface area contributed by atoms with Crippen molar-refractivity contribution >= 4 is 11.3 Å². The van der Waals surface area contributed by atoms with Crippen LogP contribution in [0.15, 0.2) is 21.4 Å². The molecule has 2 heterocycles. The van der Waals surface area contributed by atoms with E-state index in [0.29, 0.717) is 19.0 Å². The van der Waals surface area contributed by atoms with E-state index < -0.39 is 0 Å². The predicted molar refractivity (Wildman–Crippen MR) is 68.1 cm³/mol. The van der Waals surface area contributed by atoms with Crippen molar-refractivity contribution in [2.45, 2.75) is 13.5 Å². The minimum absolute atomic E-state index is 0.701. The van der Waals surface area contributed by atoms with Crippen molar-refractivity contribution in [3.8, 4) is 11.5 Å². The molecule has 92 valence electrons. The van der Waals surface area contributed by atoms with E-state index >= 15 is 0 Å². The van der Waals surface area contributed by atoms with E-state index in [9.17, 15) is 0 Å². The highest BCUT2D eigenvalue weighted by Gasteiger charge is 2.09. The second-order valence-corrected chi connectivity index (χ2v) is 4.53. The number of hydrogen-bond donors (Lipinski definition) is 1. The van der Waals surface area contributed by atoms with Gasteiger partial charge in [-0.25, -0.2) is 4.98 Å². The number of aromatic nitrogens is 1. The van der Waals surface area contributed by atoms with E-state index in [-0.39, 0.29) is 0 Å². The third-order valence-electron chi connectivity index (χ3n) is 2.43. The standard InChI is InChI=1S/C12H16N2O2S/c1-9-7-17-8-11(9)12-14-10(6-16-12)5-13-3-4-15-2/h6-8,13H,3-5H2,1-2H3. The summed E-state index contributed by atoms with van der Waals surface area (Å²) in [6, 6.07) is 0. The van der Waals surface area contributed by atoms with E-state index in [1.165, 1.54) is 5.56 Å². The number of methoxy groups -OCH3 is 1. The number of rotatable bonds is 6. The molecule has 2 aromatic rings. The van der Waals surface area contributed by atoms with E-state index in [4.69, 9.17) is 9.15 Å². The lowest BCUT2D eigenvalue weighted by Gasteiger charge is -1.99. The summed E-state index contributed by atoms with van der Waals surface area (Å²) in [7, 11) is 1.69. The molecule has 0 unspecified atom stereocenters. The molecule has 5 heteroatoms. The summed E-state index contributed by atoms with van der Waals surface area (Å²) in [5, 5.41) is 7.38. The van der Waals surface area contributed by atoms with E-state index in [1.54, 1.807) is 24.7 Å². The van der Waals surface area contributed by atoms with Crippen LogP contribution in [0.4, 0.5) is 0 Å². The van der Waals surface area contributed by atoms with Crippen molar-refractivity contribution in [3.63, 3.8) is 0 Å². The third kappa shape index (κ3) is 3.15. The van der Waals surface area contributed by atoms with Gasteiger partial charge in [0, 0.05) is 25.6 Å². The second-order valence-electron chi connectivity index (χ2n) is 3.78. The highest BCUT2D eigenvalue weighted by molar-refractivity contribution is 7.08. The first kappa shape index (κ1) is 12.3. The van der Waals surface area contributed by atoms with E-state index in [0.717, 1.165) is 17.8 Å². The molecule has 17 heavy (non-hydrogen) atoms. The molecular formula is C12H16N2O2S. The minimum Gasteiger partial charge on any atom is -0.444 e. The fourth-order valence-electron chi connectivity index (χ4n) is 1.48. The van der Waals surface area contributed by atoms with E-state index in [1.807, 2.05) is 0 Å². The van der Waals surface area contributed by atoms with Crippen LogP contribution in [-0.2, 0) is 11.3 Å². The van der Waals surface area contributed by atoms with Crippen LogP contribution in [0.5, 0.6) is 0 Å². The zero-order chi connectivity index (χ0) is 12.1. The number of nitrogens with one attached hydrogen (secondary N) is 1. The molecule has 2 aromatic heterocycles. The Morgan fingerprint density at radius 1 is 1.47 bits per heavy atom. The first-order valence-electron chi connectivity index (χ1n) is 5.48. The average molecular weight is 252 g/mol. The van der Waals surface area contributed by atoms with Gasteiger partial charge in [-0.15, -0.1) is 0 Å². The minimum atomic E-state index is 0.701. The first-order valence-corrected chi connectivity index (χ1v) is 6.42. The van der Waals surface area contributed by atoms with Crippen molar-refractivity contribution in [3.05, 3.63) is 28.3 Å².